The van der Waals surface area contributed by atoms with Crippen LogP contribution in [0.25, 0.3) is 21.3 Å². The van der Waals surface area contributed by atoms with E-state index in [1.165, 1.54) is 4.70 Å². The number of nitrogens with two attached hydrogens (primary N) is 1. The minimum Gasteiger partial charge on any atom is -0.397 e. The topological polar surface area (TPSA) is 69.6 Å². The molecule has 6 heteroatoms. The molecule has 20 heavy (non-hydrogen) atoms. The molecule has 0 bridgehead atoms. The molecular formula is C14H11N5S. The Morgan fingerprint density at radius 2 is 1.85 bits per heavy atom. The van der Waals surface area contributed by atoms with Gasteiger partial charge in [0, 0.05) is 0 Å². The van der Waals surface area contributed by atoms with Crippen LogP contribution >= 0.6 is 11.3 Å². The standard InChI is InChI=1S/C14H11N5S/c15-9-4-3-6-11-14(9)18-19(17-11)8-13-16-10-5-1-2-7-12(10)20-13/h1-7H,8,15H2. The summed E-state index contributed by atoms with van der Waals surface area (Å²) >= 11 is 1.66. The molecule has 0 radical (unpaired) electrons. The Morgan fingerprint density at radius 3 is 2.70 bits per heavy atom. The molecule has 0 aliphatic heterocycles. The van der Waals surface area contributed by atoms with Crippen LogP contribution in [0, 0.1) is 0 Å². The summed E-state index contributed by atoms with van der Waals surface area (Å²) in [5.74, 6) is 0. The minimum absolute atomic E-state index is 0.563. The van der Waals surface area contributed by atoms with E-state index in [2.05, 4.69) is 21.2 Å². The van der Waals surface area contributed by atoms with Gasteiger partial charge in [0.15, 0.2) is 0 Å². The zero-order chi connectivity index (χ0) is 13.5. The zero-order valence-corrected chi connectivity index (χ0v) is 11.3. The third-order valence-corrected chi connectivity index (χ3v) is 4.12. The van der Waals surface area contributed by atoms with Gasteiger partial charge in [0.2, 0.25) is 0 Å². The Balaban J connectivity index is 1.74. The van der Waals surface area contributed by atoms with Gasteiger partial charge in [-0.1, -0.05) is 18.2 Å². The zero-order valence-electron chi connectivity index (χ0n) is 10.5. The summed E-state index contributed by atoms with van der Waals surface area (Å²) in [6.07, 6.45) is 0. The van der Waals surface area contributed by atoms with Crippen LogP contribution in [0.3, 0.4) is 0 Å². The number of anilines is 1. The Bertz CT molecular complexity index is 875. The van der Waals surface area contributed by atoms with Gasteiger partial charge in [-0.15, -0.1) is 11.3 Å². The largest absolute Gasteiger partial charge is 0.397 e. The molecule has 0 saturated carbocycles. The first kappa shape index (κ1) is 11.4. The lowest BCUT2D eigenvalue weighted by molar-refractivity contribution is 0.599. The number of nitrogen functional groups attached to an aromatic ring is 1. The van der Waals surface area contributed by atoms with Gasteiger partial charge >= 0.3 is 0 Å². The average Bonchev–Trinajstić information content (AvgIpc) is 3.02. The van der Waals surface area contributed by atoms with E-state index in [1.54, 1.807) is 16.1 Å². The van der Waals surface area contributed by atoms with E-state index in [4.69, 9.17) is 5.73 Å². The quantitative estimate of drug-likeness (QED) is 0.573. The number of hydrogen-bond donors (Lipinski definition) is 1. The summed E-state index contributed by atoms with van der Waals surface area (Å²) in [5, 5.41) is 9.85. The second-order valence-corrected chi connectivity index (χ2v) is 5.64. The first-order valence-electron chi connectivity index (χ1n) is 6.23. The van der Waals surface area contributed by atoms with Crippen LogP contribution in [0.5, 0.6) is 0 Å². The van der Waals surface area contributed by atoms with Gasteiger partial charge in [0.1, 0.15) is 22.6 Å². The predicted molar refractivity (Wildman–Crippen MR) is 80.7 cm³/mol. The van der Waals surface area contributed by atoms with Crippen molar-refractivity contribution in [2.24, 2.45) is 0 Å². The smallest absolute Gasteiger partial charge is 0.136 e. The highest BCUT2D eigenvalue weighted by Crippen LogP contribution is 2.22. The summed E-state index contributed by atoms with van der Waals surface area (Å²) in [5.41, 5.74) is 9.12. The van der Waals surface area contributed by atoms with Crippen molar-refractivity contribution in [2.45, 2.75) is 6.54 Å². The molecule has 2 N–H and O–H groups in total. The van der Waals surface area contributed by atoms with Crippen LogP contribution in [0.2, 0.25) is 0 Å². The van der Waals surface area contributed by atoms with Gasteiger partial charge < -0.3 is 5.73 Å². The number of para-hydroxylation sites is 1. The lowest BCUT2D eigenvalue weighted by Gasteiger charge is -1.93. The third-order valence-electron chi connectivity index (χ3n) is 3.10. The van der Waals surface area contributed by atoms with Crippen LogP contribution in [0.4, 0.5) is 5.69 Å². The number of aromatic nitrogens is 4. The maximum Gasteiger partial charge on any atom is 0.136 e. The Hall–Kier alpha value is -2.47. The predicted octanol–water partition coefficient (Wildman–Crippen LogP) is 2.67. The Labute approximate surface area is 118 Å². The van der Waals surface area contributed by atoms with E-state index in [9.17, 15) is 0 Å². The van der Waals surface area contributed by atoms with E-state index in [0.717, 1.165) is 21.6 Å². The molecule has 0 spiro atoms. The van der Waals surface area contributed by atoms with Crippen LogP contribution in [-0.4, -0.2) is 20.0 Å². The minimum atomic E-state index is 0.563. The van der Waals surface area contributed by atoms with Crippen LogP contribution in [0.1, 0.15) is 5.01 Å². The molecule has 0 unspecified atom stereocenters. The molecule has 5 nitrogen and oxygen atoms in total. The van der Waals surface area contributed by atoms with Crippen molar-refractivity contribution in [1.29, 1.82) is 0 Å². The summed E-state index contributed by atoms with van der Waals surface area (Å²) in [4.78, 5) is 6.24. The maximum absolute atomic E-state index is 5.90. The van der Waals surface area contributed by atoms with Crippen molar-refractivity contribution in [3.8, 4) is 0 Å². The van der Waals surface area contributed by atoms with Crippen molar-refractivity contribution in [3.63, 3.8) is 0 Å². The van der Waals surface area contributed by atoms with E-state index in [0.29, 0.717) is 12.2 Å². The summed E-state index contributed by atoms with van der Waals surface area (Å²) in [7, 11) is 0. The van der Waals surface area contributed by atoms with Gasteiger partial charge in [-0.3, -0.25) is 0 Å². The van der Waals surface area contributed by atoms with Crippen LogP contribution in [0.15, 0.2) is 42.5 Å². The molecule has 2 aromatic carbocycles. The molecule has 0 amide bonds. The molecule has 4 rings (SSSR count). The molecule has 0 saturated heterocycles. The van der Waals surface area contributed by atoms with Gasteiger partial charge in [-0.2, -0.15) is 15.0 Å². The van der Waals surface area contributed by atoms with E-state index in [-0.39, 0.29) is 0 Å². The molecule has 2 aromatic heterocycles. The van der Waals surface area contributed by atoms with Crippen molar-refractivity contribution >= 4 is 38.3 Å². The average molecular weight is 281 g/mol. The fourth-order valence-corrected chi connectivity index (χ4v) is 3.12. The summed E-state index contributed by atoms with van der Waals surface area (Å²) in [6, 6.07) is 13.7. The second kappa shape index (κ2) is 4.28. The van der Waals surface area contributed by atoms with Crippen molar-refractivity contribution in [1.82, 2.24) is 20.0 Å². The molecule has 2 heterocycles. The van der Waals surface area contributed by atoms with E-state index in [1.807, 2.05) is 36.4 Å². The summed E-state index contributed by atoms with van der Waals surface area (Å²) in [6.45, 7) is 0.563. The Morgan fingerprint density at radius 1 is 1.00 bits per heavy atom. The van der Waals surface area contributed by atoms with E-state index >= 15 is 0 Å². The molecule has 0 aliphatic rings. The number of hydrogen-bond acceptors (Lipinski definition) is 5. The Kier molecular flexibility index (Phi) is 2.43. The van der Waals surface area contributed by atoms with E-state index < -0.39 is 0 Å². The first-order chi connectivity index (χ1) is 9.79. The monoisotopic (exact) mass is 281 g/mol. The molecule has 0 aliphatic carbocycles. The maximum atomic E-state index is 5.90. The number of fused-ring (bicyclic) bond motifs is 2. The highest BCUT2D eigenvalue weighted by atomic mass is 32.1. The van der Waals surface area contributed by atoms with Gasteiger partial charge in [0.25, 0.3) is 0 Å². The number of nitrogens with zero attached hydrogens (tertiary/aromatic N) is 4. The molecule has 0 fully saturated rings. The van der Waals surface area contributed by atoms with Crippen molar-refractivity contribution in [3.05, 3.63) is 47.5 Å². The van der Waals surface area contributed by atoms with Gasteiger partial charge in [0.05, 0.1) is 15.9 Å². The SMILES string of the molecule is Nc1cccc2nn(Cc3nc4ccccc4s3)nc12. The lowest BCUT2D eigenvalue weighted by atomic mass is 10.3. The molecule has 4 aromatic rings. The number of thiazole rings is 1. The normalized spacial score (nSPS) is 11.4. The first-order valence-corrected chi connectivity index (χ1v) is 7.05. The number of rotatable bonds is 2. The van der Waals surface area contributed by atoms with Crippen molar-refractivity contribution in [2.75, 3.05) is 5.73 Å². The number of benzene rings is 2. The van der Waals surface area contributed by atoms with Crippen LogP contribution < -0.4 is 5.73 Å². The molecule has 0 atom stereocenters. The second-order valence-electron chi connectivity index (χ2n) is 4.52. The lowest BCUT2D eigenvalue weighted by Crippen LogP contribution is -2.03. The van der Waals surface area contributed by atoms with Crippen molar-refractivity contribution < 1.29 is 0 Å². The molecular weight excluding hydrogens is 270 g/mol. The highest BCUT2D eigenvalue weighted by molar-refractivity contribution is 7.18. The molecule has 98 valence electrons. The van der Waals surface area contributed by atoms with Crippen LogP contribution in [-0.2, 0) is 6.54 Å². The fraction of sp³-hybridized carbons (Fsp3) is 0.0714. The van der Waals surface area contributed by atoms with Gasteiger partial charge in [-0.25, -0.2) is 4.98 Å². The third kappa shape index (κ3) is 1.81. The highest BCUT2D eigenvalue weighted by Gasteiger charge is 2.08. The van der Waals surface area contributed by atoms with Gasteiger partial charge in [-0.05, 0) is 24.3 Å². The summed E-state index contributed by atoms with van der Waals surface area (Å²) < 4.78 is 1.18. The fourth-order valence-electron chi connectivity index (χ4n) is 2.18.